The van der Waals surface area contributed by atoms with Crippen LogP contribution in [0.1, 0.15) is 64.1 Å². The van der Waals surface area contributed by atoms with Gasteiger partial charge in [0.25, 0.3) is 0 Å². The van der Waals surface area contributed by atoms with E-state index in [2.05, 4.69) is 58.1 Å². The second-order valence-corrected chi connectivity index (χ2v) is 5.26. The van der Waals surface area contributed by atoms with Crippen molar-refractivity contribution >= 4 is 0 Å². The van der Waals surface area contributed by atoms with Gasteiger partial charge >= 0.3 is 0 Å². The molecule has 0 bridgehead atoms. The van der Waals surface area contributed by atoms with E-state index in [0.717, 1.165) is 25.1 Å². The normalized spacial score (nSPS) is 12.7. The van der Waals surface area contributed by atoms with E-state index in [9.17, 15) is 0 Å². The van der Waals surface area contributed by atoms with E-state index in [1.807, 2.05) is 0 Å². The quantitative estimate of drug-likeness (QED) is 0.738. The van der Waals surface area contributed by atoms with E-state index < -0.39 is 0 Å². The predicted octanol–water partition coefficient (Wildman–Crippen LogP) is 4.62. The van der Waals surface area contributed by atoms with E-state index >= 15 is 0 Å². The fraction of sp³-hybridized carbons (Fsp3) is 0.647. The summed E-state index contributed by atoms with van der Waals surface area (Å²) in [5, 5.41) is 3.52. The number of ether oxygens (including phenoxy) is 1. The minimum Gasteiger partial charge on any atom is -0.490 e. The number of aryl methyl sites for hydroxylation is 1. The van der Waals surface area contributed by atoms with Crippen molar-refractivity contribution in [2.24, 2.45) is 0 Å². The van der Waals surface area contributed by atoms with Gasteiger partial charge in [0.2, 0.25) is 0 Å². The van der Waals surface area contributed by atoms with Gasteiger partial charge in [-0.05, 0) is 56.8 Å². The fourth-order valence-corrected chi connectivity index (χ4v) is 2.19. The lowest BCUT2D eigenvalue weighted by atomic mass is 10.0. The van der Waals surface area contributed by atoms with E-state index in [0.29, 0.717) is 12.1 Å². The van der Waals surface area contributed by atoms with Crippen LogP contribution in [0, 0.1) is 6.92 Å². The molecule has 2 heteroatoms. The molecule has 1 unspecified atom stereocenters. The third kappa shape index (κ3) is 4.87. The van der Waals surface area contributed by atoms with Gasteiger partial charge in [-0.25, -0.2) is 0 Å². The highest BCUT2D eigenvalue weighted by Crippen LogP contribution is 2.24. The van der Waals surface area contributed by atoms with Crippen molar-refractivity contribution in [2.75, 3.05) is 6.54 Å². The second-order valence-electron chi connectivity index (χ2n) is 5.26. The van der Waals surface area contributed by atoms with Crippen molar-refractivity contribution in [3.05, 3.63) is 29.3 Å². The van der Waals surface area contributed by atoms with Crippen LogP contribution in [0.15, 0.2) is 18.2 Å². The molecule has 0 saturated heterocycles. The minimum absolute atomic E-state index is 0.334. The summed E-state index contributed by atoms with van der Waals surface area (Å²) < 4.78 is 6.04. The average Bonchev–Trinajstić information content (AvgIpc) is 2.43. The molecule has 1 aromatic carbocycles. The van der Waals surface area contributed by atoms with Gasteiger partial charge in [0.05, 0.1) is 6.10 Å². The maximum atomic E-state index is 6.04. The molecule has 0 spiro atoms. The molecule has 1 rings (SSSR count). The molecule has 0 saturated carbocycles. The number of rotatable bonds is 8. The first-order valence-corrected chi connectivity index (χ1v) is 7.62. The topological polar surface area (TPSA) is 21.3 Å². The summed E-state index contributed by atoms with van der Waals surface area (Å²) in [6.07, 6.45) is 3.62. The van der Waals surface area contributed by atoms with Crippen molar-refractivity contribution in [2.45, 2.75) is 66.0 Å². The lowest BCUT2D eigenvalue weighted by Crippen LogP contribution is -2.19. The molecular weight excluding hydrogens is 234 g/mol. The zero-order valence-corrected chi connectivity index (χ0v) is 13.1. The number of nitrogens with one attached hydrogen (secondary N) is 1. The van der Waals surface area contributed by atoms with Crippen LogP contribution < -0.4 is 10.1 Å². The van der Waals surface area contributed by atoms with Crippen LogP contribution in [0.5, 0.6) is 5.75 Å². The maximum Gasteiger partial charge on any atom is 0.122 e. The molecule has 19 heavy (non-hydrogen) atoms. The summed E-state index contributed by atoms with van der Waals surface area (Å²) in [6.45, 7) is 12.0. The summed E-state index contributed by atoms with van der Waals surface area (Å²) in [5.41, 5.74) is 2.57. The standard InChI is InChI=1S/C17H29NO/c1-6-11-18-14(5)15-9-10-17(13(4)12-15)19-16(7-2)8-3/h9-10,12,14,16,18H,6-8,11H2,1-5H3. The minimum atomic E-state index is 0.334. The molecule has 108 valence electrons. The van der Waals surface area contributed by atoms with E-state index in [1.54, 1.807) is 0 Å². The van der Waals surface area contributed by atoms with E-state index in [1.165, 1.54) is 17.5 Å². The highest BCUT2D eigenvalue weighted by Gasteiger charge is 2.10. The molecule has 0 aliphatic rings. The van der Waals surface area contributed by atoms with Crippen LogP contribution in [0.25, 0.3) is 0 Å². The highest BCUT2D eigenvalue weighted by molar-refractivity contribution is 5.37. The molecule has 0 aliphatic heterocycles. The van der Waals surface area contributed by atoms with Gasteiger partial charge in [-0.2, -0.15) is 0 Å². The largest absolute Gasteiger partial charge is 0.490 e. The Morgan fingerprint density at radius 2 is 1.84 bits per heavy atom. The van der Waals surface area contributed by atoms with Crippen LogP contribution in [-0.2, 0) is 0 Å². The smallest absolute Gasteiger partial charge is 0.122 e. The third-order valence-electron chi connectivity index (χ3n) is 3.60. The van der Waals surface area contributed by atoms with Crippen LogP contribution in [-0.4, -0.2) is 12.6 Å². The molecule has 0 radical (unpaired) electrons. The van der Waals surface area contributed by atoms with Crippen molar-refractivity contribution < 1.29 is 4.74 Å². The van der Waals surface area contributed by atoms with Gasteiger partial charge in [-0.15, -0.1) is 0 Å². The molecule has 0 aromatic heterocycles. The Bertz CT molecular complexity index is 372. The van der Waals surface area contributed by atoms with Gasteiger partial charge in [0.15, 0.2) is 0 Å². The van der Waals surface area contributed by atoms with Crippen molar-refractivity contribution in [3.8, 4) is 5.75 Å². The molecule has 2 nitrogen and oxygen atoms in total. The average molecular weight is 263 g/mol. The van der Waals surface area contributed by atoms with Crippen LogP contribution in [0.2, 0.25) is 0 Å². The molecule has 0 heterocycles. The SMILES string of the molecule is CCCNC(C)c1ccc(OC(CC)CC)c(C)c1. The molecule has 1 N–H and O–H groups in total. The van der Waals surface area contributed by atoms with Gasteiger partial charge in [-0.3, -0.25) is 0 Å². The van der Waals surface area contributed by atoms with Gasteiger partial charge in [0, 0.05) is 6.04 Å². The summed E-state index contributed by atoms with van der Waals surface area (Å²) >= 11 is 0. The molecule has 0 fully saturated rings. The Labute approximate surface area is 118 Å². The van der Waals surface area contributed by atoms with E-state index in [-0.39, 0.29) is 0 Å². The predicted molar refractivity (Wildman–Crippen MR) is 82.9 cm³/mol. The van der Waals surface area contributed by atoms with Crippen LogP contribution in [0.3, 0.4) is 0 Å². The number of benzene rings is 1. The monoisotopic (exact) mass is 263 g/mol. The zero-order chi connectivity index (χ0) is 14.3. The maximum absolute atomic E-state index is 6.04. The van der Waals surface area contributed by atoms with Crippen molar-refractivity contribution in [1.82, 2.24) is 5.32 Å². The first-order valence-electron chi connectivity index (χ1n) is 7.62. The fourth-order valence-electron chi connectivity index (χ4n) is 2.19. The summed E-state index contributed by atoms with van der Waals surface area (Å²) in [7, 11) is 0. The third-order valence-corrected chi connectivity index (χ3v) is 3.60. The highest BCUT2D eigenvalue weighted by atomic mass is 16.5. The Morgan fingerprint density at radius 1 is 1.16 bits per heavy atom. The lowest BCUT2D eigenvalue weighted by Gasteiger charge is -2.19. The molecule has 1 aromatic rings. The Balaban J connectivity index is 2.73. The Kier molecular flexibility index (Phi) is 6.93. The van der Waals surface area contributed by atoms with Crippen molar-refractivity contribution in [1.29, 1.82) is 0 Å². The van der Waals surface area contributed by atoms with Gasteiger partial charge < -0.3 is 10.1 Å². The van der Waals surface area contributed by atoms with Crippen molar-refractivity contribution in [3.63, 3.8) is 0 Å². The number of hydrogen-bond donors (Lipinski definition) is 1. The zero-order valence-electron chi connectivity index (χ0n) is 13.1. The number of hydrogen-bond acceptors (Lipinski definition) is 2. The summed E-state index contributed by atoms with van der Waals surface area (Å²) in [4.78, 5) is 0. The summed E-state index contributed by atoms with van der Waals surface area (Å²) in [6, 6.07) is 6.94. The molecule has 1 atom stereocenters. The second kappa shape index (κ2) is 8.21. The first-order chi connectivity index (χ1) is 9.12. The Morgan fingerprint density at radius 3 is 2.37 bits per heavy atom. The first kappa shape index (κ1) is 16.0. The lowest BCUT2D eigenvalue weighted by molar-refractivity contribution is 0.191. The van der Waals surface area contributed by atoms with Gasteiger partial charge in [0.1, 0.15) is 5.75 Å². The summed E-state index contributed by atoms with van der Waals surface area (Å²) in [5.74, 6) is 1.03. The van der Waals surface area contributed by atoms with Gasteiger partial charge in [-0.1, -0.05) is 32.9 Å². The molecule has 0 amide bonds. The molecular formula is C17H29NO. The van der Waals surface area contributed by atoms with E-state index in [4.69, 9.17) is 4.74 Å². The van der Waals surface area contributed by atoms with Crippen LogP contribution in [0.4, 0.5) is 0 Å². The van der Waals surface area contributed by atoms with Crippen LogP contribution >= 0.6 is 0 Å². The molecule has 0 aliphatic carbocycles. The Hall–Kier alpha value is -1.02.